The number of carbonyl (C=O) groups is 2. The highest BCUT2D eigenvalue weighted by molar-refractivity contribution is 5.85. The molecule has 2 amide bonds. The van der Waals surface area contributed by atoms with Crippen molar-refractivity contribution in [2.24, 2.45) is 11.7 Å². The fourth-order valence-electron chi connectivity index (χ4n) is 2.01. The average molecular weight is 277 g/mol. The molecule has 0 radical (unpaired) electrons. The molecule has 0 heterocycles. The zero-order valence-corrected chi connectivity index (χ0v) is 12.3. The summed E-state index contributed by atoms with van der Waals surface area (Å²) in [6.45, 7) is 4.24. The van der Waals surface area contributed by atoms with Crippen LogP contribution in [-0.4, -0.2) is 36.9 Å². The first-order valence-corrected chi connectivity index (χ1v) is 6.79. The monoisotopic (exact) mass is 277 g/mol. The van der Waals surface area contributed by atoms with E-state index in [1.165, 1.54) is 4.90 Å². The largest absolute Gasteiger partial charge is 0.355 e. The second-order valence-electron chi connectivity index (χ2n) is 4.87. The van der Waals surface area contributed by atoms with Crippen LogP contribution in [0.2, 0.25) is 0 Å². The summed E-state index contributed by atoms with van der Waals surface area (Å²) in [5.74, 6) is -0.673. The van der Waals surface area contributed by atoms with E-state index in [1.807, 2.05) is 37.3 Å². The van der Waals surface area contributed by atoms with E-state index in [4.69, 9.17) is 5.73 Å². The van der Waals surface area contributed by atoms with Crippen molar-refractivity contribution in [2.75, 3.05) is 20.1 Å². The Morgan fingerprint density at radius 1 is 1.30 bits per heavy atom. The van der Waals surface area contributed by atoms with Gasteiger partial charge in [0, 0.05) is 19.6 Å². The van der Waals surface area contributed by atoms with Gasteiger partial charge in [-0.05, 0) is 12.5 Å². The first kappa shape index (κ1) is 16.2. The molecule has 1 rings (SSSR count). The van der Waals surface area contributed by atoms with Gasteiger partial charge in [0.25, 0.3) is 0 Å². The summed E-state index contributed by atoms with van der Waals surface area (Å²) in [7, 11) is 1.62. The van der Waals surface area contributed by atoms with Crippen molar-refractivity contribution < 1.29 is 9.59 Å². The zero-order valence-electron chi connectivity index (χ0n) is 12.3. The average Bonchev–Trinajstić information content (AvgIpc) is 2.46. The highest BCUT2D eigenvalue weighted by Crippen LogP contribution is 2.20. The Kier molecular flexibility index (Phi) is 6.18. The summed E-state index contributed by atoms with van der Waals surface area (Å²) >= 11 is 0. The van der Waals surface area contributed by atoms with Crippen molar-refractivity contribution in [3.63, 3.8) is 0 Å². The molecule has 0 saturated heterocycles. The molecular formula is C15H23N3O2. The first-order chi connectivity index (χ1) is 9.47. The standard InChI is InChI=1S/C15H23N3O2/c1-4-17-13(19)10-18(3)15(20)11(2)14(16)12-8-6-5-7-9-12/h5-9,11,14H,4,10,16H2,1-3H3,(H,17,19). The van der Waals surface area contributed by atoms with Crippen LogP contribution in [0.15, 0.2) is 30.3 Å². The molecule has 0 fully saturated rings. The van der Waals surface area contributed by atoms with Crippen molar-refractivity contribution in [1.82, 2.24) is 10.2 Å². The second kappa shape index (κ2) is 7.65. The van der Waals surface area contributed by atoms with Crippen LogP contribution in [0.4, 0.5) is 0 Å². The van der Waals surface area contributed by atoms with Gasteiger partial charge in [-0.2, -0.15) is 0 Å². The van der Waals surface area contributed by atoms with Crippen LogP contribution in [0, 0.1) is 5.92 Å². The van der Waals surface area contributed by atoms with Crippen LogP contribution < -0.4 is 11.1 Å². The van der Waals surface area contributed by atoms with Crippen molar-refractivity contribution >= 4 is 11.8 Å². The van der Waals surface area contributed by atoms with Crippen molar-refractivity contribution in [1.29, 1.82) is 0 Å². The Bertz CT molecular complexity index is 448. The summed E-state index contributed by atoms with van der Waals surface area (Å²) in [6, 6.07) is 9.12. The predicted octanol–water partition coefficient (Wildman–Crippen LogP) is 0.917. The van der Waals surface area contributed by atoms with Gasteiger partial charge in [0.15, 0.2) is 0 Å². The fraction of sp³-hybridized carbons (Fsp3) is 0.467. The first-order valence-electron chi connectivity index (χ1n) is 6.79. The Morgan fingerprint density at radius 3 is 2.45 bits per heavy atom. The van der Waals surface area contributed by atoms with Crippen molar-refractivity contribution in [3.05, 3.63) is 35.9 Å². The predicted molar refractivity (Wildman–Crippen MR) is 78.9 cm³/mol. The maximum atomic E-state index is 12.3. The van der Waals surface area contributed by atoms with Gasteiger partial charge in [-0.25, -0.2) is 0 Å². The summed E-state index contributed by atoms with van der Waals surface area (Å²) in [4.78, 5) is 25.2. The normalized spacial score (nSPS) is 13.4. The molecule has 2 unspecified atom stereocenters. The van der Waals surface area contributed by atoms with E-state index in [0.29, 0.717) is 6.54 Å². The molecule has 1 aromatic rings. The van der Waals surface area contributed by atoms with E-state index in [-0.39, 0.29) is 30.3 Å². The number of likely N-dealkylation sites (N-methyl/N-ethyl adjacent to an activating group) is 2. The van der Waals surface area contributed by atoms with Gasteiger partial charge in [-0.1, -0.05) is 37.3 Å². The lowest BCUT2D eigenvalue weighted by atomic mass is 9.94. The van der Waals surface area contributed by atoms with Crippen LogP contribution >= 0.6 is 0 Å². The number of amides is 2. The zero-order chi connectivity index (χ0) is 15.1. The minimum Gasteiger partial charge on any atom is -0.355 e. The molecule has 110 valence electrons. The van der Waals surface area contributed by atoms with E-state index < -0.39 is 0 Å². The molecule has 0 aliphatic heterocycles. The number of benzene rings is 1. The molecule has 3 N–H and O–H groups in total. The van der Waals surface area contributed by atoms with Gasteiger partial charge in [-0.3, -0.25) is 9.59 Å². The molecule has 0 bridgehead atoms. The molecule has 0 aromatic heterocycles. The summed E-state index contributed by atoms with van der Waals surface area (Å²) in [6.07, 6.45) is 0. The van der Waals surface area contributed by atoms with Crippen LogP contribution in [0.1, 0.15) is 25.5 Å². The summed E-state index contributed by atoms with van der Waals surface area (Å²) in [5, 5.41) is 2.67. The third-order valence-electron chi connectivity index (χ3n) is 3.24. The molecule has 0 saturated carbocycles. The van der Waals surface area contributed by atoms with Gasteiger partial charge in [0.05, 0.1) is 12.5 Å². The molecular weight excluding hydrogens is 254 g/mol. The Balaban J connectivity index is 2.64. The molecule has 0 spiro atoms. The Morgan fingerprint density at radius 2 is 1.90 bits per heavy atom. The topological polar surface area (TPSA) is 75.4 Å². The highest BCUT2D eigenvalue weighted by atomic mass is 16.2. The van der Waals surface area contributed by atoms with E-state index in [0.717, 1.165) is 5.56 Å². The summed E-state index contributed by atoms with van der Waals surface area (Å²) in [5.41, 5.74) is 7.04. The van der Waals surface area contributed by atoms with E-state index in [2.05, 4.69) is 5.32 Å². The second-order valence-corrected chi connectivity index (χ2v) is 4.87. The van der Waals surface area contributed by atoms with E-state index >= 15 is 0 Å². The molecule has 1 aromatic carbocycles. The number of rotatable bonds is 6. The van der Waals surface area contributed by atoms with Crippen LogP contribution in [0.3, 0.4) is 0 Å². The fourth-order valence-corrected chi connectivity index (χ4v) is 2.01. The molecule has 5 heteroatoms. The lowest BCUT2D eigenvalue weighted by Crippen LogP contribution is -2.42. The molecule has 20 heavy (non-hydrogen) atoms. The lowest BCUT2D eigenvalue weighted by Gasteiger charge is -2.25. The van der Waals surface area contributed by atoms with Crippen LogP contribution in [0.5, 0.6) is 0 Å². The number of hydrogen-bond donors (Lipinski definition) is 2. The third kappa shape index (κ3) is 4.35. The lowest BCUT2D eigenvalue weighted by molar-refractivity contribution is -0.138. The number of hydrogen-bond acceptors (Lipinski definition) is 3. The quantitative estimate of drug-likeness (QED) is 0.812. The number of carbonyl (C=O) groups excluding carboxylic acids is 2. The van der Waals surface area contributed by atoms with Crippen LogP contribution in [-0.2, 0) is 9.59 Å². The van der Waals surface area contributed by atoms with E-state index in [1.54, 1.807) is 14.0 Å². The molecule has 0 aliphatic rings. The minimum atomic E-state index is -0.378. The van der Waals surface area contributed by atoms with E-state index in [9.17, 15) is 9.59 Å². The maximum Gasteiger partial charge on any atom is 0.239 e. The highest BCUT2D eigenvalue weighted by Gasteiger charge is 2.25. The van der Waals surface area contributed by atoms with Gasteiger partial charge in [-0.15, -0.1) is 0 Å². The van der Waals surface area contributed by atoms with Gasteiger partial charge >= 0.3 is 0 Å². The van der Waals surface area contributed by atoms with Crippen LogP contribution in [0.25, 0.3) is 0 Å². The number of nitrogens with one attached hydrogen (secondary N) is 1. The maximum absolute atomic E-state index is 12.3. The SMILES string of the molecule is CCNC(=O)CN(C)C(=O)C(C)C(N)c1ccccc1. The molecule has 0 aliphatic carbocycles. The van der Waals surface area contributed by atoms with Crippen molar-refractivity contribution in [3.8, 4) is 0 Å². The minimum absolute atomic E-state index is 0.0541. The Labute approximate surface area is 120 Å². The van der Waals surface area contributed by atoms with Crippen molar-refractivity contribution in [2.45, 2.75) is 19.9 Å². The number of nitrogens with zero attached hydrogens (tertiary/aromatic N) is 1. The van der Waals surface area contributed by atoms with Gasteiger partial charge < -0.3 is 16.0 Å². The van der Waals surface area contributed by atoms with Gasteiger partial charge in [0.2, 0.25) is 11.8 Å². The number of nitrogens with two attached hydrogens (primary N) is 1. The summed E-state index contributed by atoms with van der Waals surface area (Å²) < 4.78 is 0. The third-order valence-corrected chi connectivity index (χ3v) is 3.24. The Hall–Kier alpha value is -1.88. The smallest absolute Gasteiger partial charge is 0.239 e. The molecule has 5 nitrogen and oxygen atoms in total. The molecule has 2 atom stereocenters. The van der Waals surface area contributed by atoms with Gasteiger partial charge in [0.1, 0.15) is 0 Å².